The van der Waals surface area contributed by atoms with Gasteiger partial charge in [-0.05, 0) is 50.8 Å². The number of likely N-dealkylation sites (tertiary alicyclic amines) is 1. The number of carboxylic acids is 1. The van der Waals surface area contributed by atoms with Crippen molar-refractivity contribution in [3.8, 4) is 11.3 Å². The van der Waals surface area contributed by atoms with E-state index in [4.69, 9.17) is 4.52 Å². The van der Waals surface area contributed by atoms with E-state index in [1.165, 1.54) is 12.1 Å². The number of nitrogens with zero attached hydrogens (tertiary/aromatic N) is 2. The first-order chi connectivity index (χ1) is 15.3. The second kappa shape index (κ2) is 9.33. The Bertz CT molecular complexity index is 998. The summed E-state index contributed by atoms with van der Waals surface area (Å²) in [6.45, 7) is 1.18. The number of halogens is 2. The minimum atomic E-state index is -0.822. The Kier molecular flexibility index (Phi) is 6.52. The van der Waals surface area contributed by atoms with Gasteiger partial charge in [-0.2, -0.15) is 0 Å². The molecule has 0 spiro atoms. The zero-order valence-electron chi connectivity index (χ0n) is 17.3. The Hall–Kier alpha value is -2.85. The largest absolute Gasteiger partial charge is 0.481 e. The second-order valence-electron chi connectivity index (χ2n) is 8.49. The van der Waals surface area contributed by atoms with E-state index in [2.05, 4.69) is 10.5 Å². The van der Waals surface area contributed by atoms with Crippen LogP contribution in [0, 0.1) is 17.6 Å². The molecule has 8 nitrogen and oxygen atoms in total. The van der Waals surface area contributed by atoms with E-state index in [0.717, 1.165) is 25.1 Å². The number of hydrogen-bond donors (Lipinski definition) is 3. The zero-order valence-corrected chi connectivity index (χ0v) is 17.3. The highest BCUT2D eigenvalue weighted by Crippen LogP contribution is 2.29. The van der Waals surface area contributed by atoms with Crippen molar-refractivity contribution in [3.05, 3.63) is 41.6 Å². The van der Waals surface area contributed by atoms with Gasteiger partial charge in [-0.25, -0.2) is 8.78 Å². The van der Waals surface area contributed by atoms with Crippen LogP contribution in [0.1, 0.15) is 42.6 Å². The first kappa shape index (κ1) is 22.3. The average Bonchev–Trinajstić information content (AvgIpc) is 3.24. The minimum Gasteiger partial charge on any atom is -0.481 e. The van der Waals surface area contributed by atoms with Gasteiger partial charge in [0, 0.05) is 30.8 Å². The minimum absolute atomic E-state index is 0.00456. The number of aromatic nitrogens is 1. The SMILES string of the molecule is O=C(N[C@@H]1CC[C@H](N2CCCC(C(=O)O)C2)[C@@H](O)C1)c1cc(-c2ccc(F)cc2F)on1. The standard InChI is InChI=1S/C22H25F2N3O5/c23-13-3-5-15(16(24)8-13)20-10-17(26-32-20)21(29)25-14-4-6-18(19(28)9-14)27-7-1-2-12(11-27)22(30)31/h3,5,8,10,12,14,18-19,28H,1-2,4,6-7,9,11H2,(H,25,29)(H,30,31)/t12?,14-,18+,19+/m1/s1. The molecular formula is C22H25F2N3O5. The molecule has 1 aliphatic heterocycles. The van der Waals surface area contributed by atoms with Crippen molar-refractivity contribution in [1.29, 1.82) is 0 Å². The third-order valence-electron chi connectivity index (χ3n) is 6.33. The van der Waals surface area contributed by atoms with E-state index in [1.807, 2.05) is 4.90 Å². The summed E-state index contributed by atoms with van der Waals surface area (Å²) < 4.78 is 32.1. The lowest BCUT2D eigenvalue weighted by molar-refractivity contribution is -0.144. The normalized spacial score (nSPS) is 26.6. The topological polar surface area (TPSA) is 116 Å². The lowest BCUT2D eigenvalue weighted by atomic mass is 9.85. The van der Waals surface area contributed by atoms with E-state index >= 15 is 0 Å². The van der Waals surface area contributed by atoms with Crippen molar-refractivity contribution in [2.45, 2.75) is 50.3 Å². The van der Waals surface area contributed by atoms with Crippen LogP contribution < -0.4 is 5.32 Å². The van der Waals surface area contributed by atoms with Gasteiger partial charge >= 0.3 is 5.97 Å². The number of rotatable bonds is 5. The third kappa shape index (κ3) is 4.81. The van der Waals surface area contributed by atoms with Crippen LogP contribution in [0.5, 0.6) is 0 Å². The molecule has 4 rings (SSSR count). The molecule has 2 aromatic rings. The van der Waals surface area contributed by atoms with Crippen molar-refractivity contribution < 1.29 is 33.1 Å². The number of aliphatic carboxylic acids is 1. The van der Waals surface area contributed by atoms with E-state index < -0.39 is 35.5 Å². The number of carboxylic acid groups (broad SMARTS) is 1. The van der Waals surface area contributed by atoms with Gasteiger partial charge in [-0.15, -0.1) is 0 Å². The van der Waals surface area contributed by atoms with Gasteiger partial charge in [0.05, 0.1) is 17.6 Å². The van der Waals surface area contributed by atoms with Gasteiger partial charge < -0.3 is 20.1 Å². The highest BCUT2D eigenvalue weighted by Gasteiger charge is 2.37. The van der Waals surface area contributed by atoms with Crippen LogP contribution in [0.3, 0.4) is 0 Å². The van der Waals surface area contributed by atoms with Gasteiger partial charge in [0.25, 0.3) is 5.91 Å². The van der Waals surface area contributed by atoms with Gasteiger partial charge in [-0.1, -0.05) is 5.16 Å². The maximum atomic E-state index is 13.9. The molecule has 0 bridgehead atoms. The summed E-state index contributed by atoms with van der Waals surface area (Å²) in [6.07, 6.45) is 2.32. The first-order valence-corrected chi connectivity index (χ1v) is 10.7. The fourth-order valence-electron chi connectivity index (χ4n) is 4.65. The molecular weight excluding hydrogens is 424 g/mol. The number of amides is 1. The monoisotopic (exact) mass is 449 g/mol. The fourth-order valence-corrected chi connectivity index (χ4v) is 4.65. The molecule has 1 aliphatic carbocycles. The molecule has 32 heavy (non-hydrogen) atoms. The molecule has 1 saturated carbocycles. The van der Waals surface area contributed by atoms with Crippen LogP contribution >= 0.6 is 0 Å². The summed E-state index contributed by atoms with van der Waals surface area (Å²) in [5.41, 5.74) is -0.0456. The van der Waals surface area contributed by atoms with Crippen LogP contribution in [0.25, 0.3) is 11.3 Å². The molecule has 172 valence electrons. The Morgan fingerprint density at radius 2 is 2.00 bits per heavy atom. The fraction of sp³-hybridized carbons (Fsp3) is 0.500. The van der Waals surface area contributed by atoms with Crippen molar-refractivity contribution >= 4 is 11.9 Å². The Balaban J connectivity index is 1.34. The van der Waals surface area contributed by atoms with Crippen LogP contribution in [-0.4, -0.2) is 63.4 Å². The molecule has 10 heteroatoms. The van der Waals surface area contributed by atoms with Crippen molar-refractivity contribution in [3.63, 3.8) is 0 Å². The molecule has 1 aromatic carbocycles. The smallest absolute Gasteiger partial charge is 0.307 e. The Morgan fingerprint density at radius 1 is 1.19 bits per heavy atom. The summed E-state index contributed by atoms with van der Waals surface area (Å²) >= 11 is 0. The molecule has 2 fully saturated rings. The lowest BCUT2D eigenvalue weighted by Gasteiger charge is -2.43. The van der Waals surface area contributed by atoms with Gasteiger partial charge in [0.2, 0.25) is 0 Å². The quantitative estimate of drug-likeness (QED) is 0.642. The number of aliphatic hydroxyl groups is 1. The second-order valence-corrected chi connectivity index (χ2v) is 8.49. The summed E-state index contributed by atoms with van der Waals surface area (Å²) in [5, 5.41) is 26.4. The van der Waals surface area contributed by atoms with Gasteiger partial charge in [-0.3, -0.25) is 14.5 Å². The summed E-state index contributed by atoms with van der Waals surface area (Å²) in [5.74, 6) is -3.27. The number of carbonyl (C=O) groups excluding carboxylic acids is 1. The first-order valence-electron chi connectivity index (χ1n) is 10.7. The average molecular weight is 449 g/mol. The number of aliphatic hydroxyl groups excluding tert-OH is 1. The van der Waals surface area contributed by atoms with E-state index in [-0.39, 0.29) is 29.1 Å². The number of benzene rings is 1. The molecule has 1 amide bonds. The van der Waals surface area contributed by atoms with E-state index in [9.17, 15) is 28.6 Å². The summed E-state index contributed by atoms with van der Waals surface area (Å²) in [7, 11) is 0. The maximum Gasteiger partial charge on any atom is 0.307 e. The van der Waals surface area contributed by atoms with E-state index in [0.29, 0.717) is 32.2 Å². The predicted molar refractivity (Wildman–Crippen MR) is 109 cm³/mol. The molecule has 3 N–H and O–H groups in total. The Morgan fingerprint density at radius 3 is 2.72 bits per heavy atom. The molecule has 2 aliphatic rings. The molecule has 2 heterocycles. The van der Waals surface area contributed by atoms with Crippen molar-refractivity contribution in [2.75, 3.05) is 13.1 Å². The summed E-state index contributed by atoms with van der Waals surface area (Å²) in [6, 6.07) is 3.88. The number of carbonyl (C=O) groups is 2. The Labute approximate surface area is 183 Å². The zero-order chi connectivity index (χ0) is 22.8. The molecule has 1 saturated heterocycles. The molecule has 4 atom stereocenters. The third-order valence-corrected chi connectivity index (χ3v) is 6.33. The van der Waals surface area contributed by atoms with Crippen molar-refractivity contribution in [2.24, 2.45) is 5.92 Å². The molecule has 1 aromatic heterocycles. The van der Waals surface area contributed by atoms with Crippen LogP contribution in [-0.2, 0) is 4.79 Å². The van der Waals surface area contributed by atoms with Crippen LogP contribution in [0.15, 0.2) is 28.8 Å². The summed E-state index contributed by atoms with van der Waals surface area (Å²) in [4.78, 5) is 25.9. The predicted octanol–water partition coefficient (Wildman–Crippen LogP) is 2.43. The lowest BCUT2D eigenvalue weighted by Crippen LogP contribution is -2.54. The molecule has 0 radical (unpaired) electrons. The van der Waals surface area contributed by atoms with Gasteiger partial charge in [0.15, 0.2) is 11.5 Å². The molecule has 1 unspecified atom stereocenters. The number of nitrogens with one attached hydrogen (secondary N) is 1. The highest BCUT2D eigenvalue weighted by atomic mass is 19.1. The van der Waals surface area contributed by atoms with Crippen LogP contribution in [0.4, 0.5) is 8.78 Å². The number of piperidine rings is 1. The van der Waals surface area contributed by atoms with Crippen molar-refractivity contribution in [1.82, 2.24) is 15.4 Å². The van der Waals surface area contributed by atoms with Crippen LogP contribution in [0.2, 0.25) is 0 Å². The maximum absolute atomic E-state index is 13.9. The van der Waals surface area contributed by atoms with Gasteiger partial charge in [0.1, 0.15) is 11.6 Å². The highest BCUT2D eigenvalue weighted by molar-refractivity contribution is 5.93. The van der Waals surface area contributed by atoms with E-state index in [1.54, 1.807) is 0 Å². The number of hydrogen-bond acceptors (Lipinski definition) is 6.